The van der Waals surface area contributed by atoms with Gasteiger partial charge in [0.1, 0.15) is 18.5 Å². The molecule has 0 aromatic heterocycles. The number of carbonyl (C=O) groups excluding carboxylic acids is 1. The van der Waals surface area contributed by atoms with E-state index < -0.39 is 0 Å². The second-order valence-electron chi connectivity index (χ2n) is 8.92. The maximum absolute atomic E-state index is 13.1. The van der Waals surface area contributed by atoms with Crippen LogP contribution in [0, 0.1) is 11.8 Å². The number of anilines is 1. The average Bonchev–Trinajstić information content (AvgIpc) is 2.99. The van der Waals surface area contributed by atoms with E-state index in [9.17, 15) is 4.79 Å². The lowest BCUT2D eigenvalue weighted by Crippen LogP contribution is -2.43. The van der Waals surface area contributed by atoms with Crippen LogP contribution in [0.15, 0.2) is 36.4 Å². The molecule has 2 bridgehead atoms. The standard InChI is InChI=1S/C26H27ClN2O3/c1-28-19-5-6-20(28)15-22(14-19)32-25-9-7-21(16-24(25)27)29-11-10-18-13-17(3-2-12-30)4-8-23(18)26(29)31/h4,7-9,13,16,19-20,22,30H,5-6,10-12,14-15H2,1H3/t19-,20+,22+. The third-order valence-corrected chi connectivity index (χ3v) is 7.37. The number of fused-ring (bicyclic) bond motifs is 3. The van der Waals surface area contributed by atoms with E-state index in [1.807, 2.05) is 36.4 Å². The lowest BCUT2D eigenvalue weighted by molar-refractivity contribution is 0.0662. The summed E-state index contributed by atoms with van der Waals surface area (Å²) in [6.07, 6.45) is 5.51. The molecule has 1 N–H and O–H groups in total. The topological polar surface area (TPSA) is 53.0 Å². The number of hydrogen-bond donors (Lipinski definition) is 1. The summed E-state index contributed by atoms with van der Waals surface area (Å²) >= 11 is 6.59. The smallest absolute Gasteiger partial charge is 0.258 e. The van der Waals surface area contributed by atoms with Gasteiger partial charge in [-0.15, -0.1) is 0 Å². The number of amides is 1. The Morgan fingerprint density at radius 3 is 2.66 bits per heavy atom. The van der Waals surface area contributed by atoms with Crippen LogP contribution in [0.1, 0.15) is 47.2 Å². The first-order chi connectivity index (χ1) is 15.5. The fourth-order valence-electron chi connectivity index (χ4n) is 5.34. The number of aliphatic hydroxyl groups is 1. The summed E-state index contributed by atoms with van der Waals surface area (Å²) in [5.74, 6) is 6.21. The van der Waals surface area contributed by atoms with E-state index in [-0.39, 0.29) is 18.6 Å². The van der Waals surface area contributed by atoms with E-state index in [2.05, 4.69) is 23.8 Å². The molecule has 3 aliphatic heterocycles. The zero-order chi connectivity index (χ0) is 22.2. The molecule has 166 valence electrons. The van der Waals surface area contributed by atoms with Crippen LogP contribution in [-0.2, 0) is 6.42 Å². The molecule has 2 saturated heterocycles. The first-order valence-electron chi connectivity index (χ1n) is 11.3. The number of ether oxygens (including phenoxy) is 1. The molecule has 3 atom stereocenters. The van der Waals surface area contributed by atoms with Crippen LogP contribution in [0.25, 0.3) is 0 Å². The minimum absolute atomic E-state index is 0.0375. The Bertz CT molecular complexity index is 1090. The predicted octanol–water partition coefficient (Wildman–Crippen LogP) is 3.89. The molecule has 0 spiro atoms. The number of benzene rings is 2. The quantitative estimate of drug-likeness (QED) is 0.721. The van der Waals surface area contributed by atoms with E-state index >= 15 is 0 Å². The monoisotopic (exact) mass is 450 g/mol. The first kappa shape index (κ1) is 21.3. The van der Waals surface area contributed by atoms with Gasteiger partial charge in [-0.2, -0.15) is 0 Å². The second-order valence-corrected chi connectivity index (χ2v) is 9.32. The molecule has 3 aliphatic rings. The molecule has 5 nitrogen and oxygen atoms in total. The molecule has 6 heteroatoms. The van der Waals surface area contributed by atoms with E-state index in [4.69, 9.17) is 21.4 Å². The van der Waals surface area contributed by atoms with Crippen LogP contribution in [0.2, 0.25) is 5.02 Å². The van der Waals surface area contributed by atoms with Gasteiger partial charge in [-0.3, -0.25) is 4.79 Å². The molecule has 1 amide bonds. The number of halogens is 1. The Morgan fingerprint density at radius 2 is 1.94 bits per heavy atom. The molecule has 0 aliphatic carbocycles. The van der Waals surface area contributed by atoms with Crippen molar-refractivity contribution in [3.05, 3.63) is 58.1 Å². The van der Waals surface area contributed by atoms with Crippen molar-refractivity contribution in [1.29, 1.82) is 0 Å². The van der Waals surface area contributed by atoms with Crippen LogP contribution in [0.3, 0.4) is 0 Å². The predicted molar refractivity (Wildman–Crippen MR) is 125 cm³/mol. The fourth-order valence-corrected chi connectivity index (χ4v) is 5.56. The SMILES string of the molecule is CN1[C@@H]2CC[C@H]1C[C@@H](Oc1ccc(N3CCc4cc(C#CCO)ccc4C3=O)cc1Cl)C2. The summed E-state index contributed by atoms with van der Waals surface area (Å²) in [7, 11) is 2.22. The number of carbonyl (C=O) groups is 1. The average molecular weight is 451 g/mol. The lowest BCUT2D eigenvalue weighted by atomic mass is 9.96. The van der Waals surface area contributed by atoms with Crippen LogP contribution >= 0.6 is 11.6 Å². The zero-order valence-corrected chi connectivity index (χ0v) is 18.9. The van der Waals surface area contributed by atoms with Crippen LogP contribution in [0.4, 0.5) is 5.69 Å². The van der Waals surface area contributed by atoms with Crippen molar-refractivity contribution < 1.29 is 14.6 Å². The number of hydrogen-bond acceptors (Lipinski definition) is 4. The summed E-state index contributed by atoms with van der Waals surface area (Å²) in [4.78, 5) is 17.4. The van der Waals surface area contributed by atoms with E-state index in [1.165, 1.54) is 12.8 Å². The van der Waals surface area contributed by atoms with Gasteiger partial charge in [-0.05, 0) is 81.1 Å². The molecule has 5 rings (SSSR count). The van der Waals surface area contributed by atoms with Gasteiger partial charge >= 0.3 is 0 Å². The Labute approximate surface area is 193 Å². The largest absolute Gasteiger partial charge is 0.489 e. The zero-order valence-electron chi connectivity index (χ0n) is 18.2. The van der Waals surface area contributed by atoms with Gasteiger partial charge in [-0.1, -0.05) is 23.4 Å². The number of piperidine rings is 1. The summed E-state index contributed by atoms with van der Waals surface area (Å²) in [5, 5.41) is 9.43. The summed E-state index contributed by atoms with van der Waals surface area (Å²) in [6, 6.07) is 12.5. The lowest BCUT2D eigenvalue weighted by Gasteiger charge is -2.36. The van der Waals surface area contributed by atoms with Crippen molar-refractivity contribution >= 4 is 23.2 Å². The Balaban J connectivity index is 1.31. The van der Waals surface area contributed by atoms with Crippen LogP contribution < -0.4 is 9.64 Å². The van der Waals surface area contributed by atoms with Crippen molar-refractivity contribution in [3.8, 4) is 17.6 Å². The normalized spacial score (nSPS) is 24.7. The summed E-state index contributed by atoms with van der Waals surface area (Å²) in [5.41, 5.74) is 3.26. The van der Waals surface area contributed by atoms with Gasteiger partial charge in [0, 0.05) is 35.4 Å². The summed E-state index contributed by atoms with van der Waals surface area (Å²) in [6.45, 7) is 0.404. The van der Waals surface area contributed by atoms with Gasteiger partial charge in [-0.25, -0.2) is 0 Å². The van der Waals surface area contributed by atoms with Gasteiger partial charge in [0.25, 0.3) is 5.91 Å². The molecular weight excluding hydrogens is 424 g/mol. The highest BCUT2D eigenvalue weighted by Gasteiger charge is 2.39. The van der Waals surface area contributed by atoms with Gasteiger partial charge < -0.3 is 19.6 Å². The third-order valence-electron chi connectivity index (χ3n) is 7.07. The maximum atomic E-state index is 13.1. The molecular formula is C26H27ClN2O3. The van der Waals surface area contributed by atoms with Crippen molar-refractivity contribution in [2.24, 2.45) is 0 Å². The molecule has 32 heavy (non-hydrogen) atoms. The van der Waals surface area contributed by atoms with Gasteiger partial charge in [0.2, 0.25) is 0 Å². The molecule has 0 radical (unpaired) electrons. The Hall–Kier alpha value is -2.52. The van der Waals surface area contributed by atoms with Gasteiger partial charge in [0.15, 0.2) is 0 Å². The second kappa shape index (κ2) is 8.78. The van der Waals surface area contributed by atoms with Crippen LogP contribution in [-0.4, -0.2) is 54.3 Å². The van der Waals surface area contributed by atoms with Crippen molar-refractivity contribution in [2.45, 2.75) is 50.3 Å². The Morgan fingerprint density at radius 1 is 1.16 bits per heavy atom. The molecule has 3 heterocycles. The minimum atomic E-state index is -0.177. The highest BCUT2D eigenvalue weighted by Crippen LogP contribution is 2.38. The molecule has 2 fully saturated rings. The molecule has 0 saturated carbocycles. The van der Waals surface area contributed by atoms with E-state index in [1.54, 1.807) is 4.90 Å². The van der Waals surface area contributed by atoms with Crippen LogP contribution in [0.5, 0.6) is 5.75 Å². The minimum Gasteiger partial charge on any atom is -0.489 e. The first-order valence-corrected chi connectivity index (χ1v) is 11.6. The molecule has 0 unspecified atom stereocenters. The van der Waals surface area contributed by atoms with Crippen molar-refractivity contribution in [2.75, 3.05) is 25.1 Å². The van der Waals surface area contributed by atoms with E-state index in [0.717, 1.165) is 36.1 Å². The Kier molecular flexibility index (Phi) is 5.86. The van der Waals surface area contributed by atoms with E-state index in [0.29, 0.717) is 35.0 Å². The number of rotatable bonds is 3. The third kappa shape index (κ3) is 3.99. The summed E-state index contributed by atoms with van der Waals surface area (Å²) < 4.78 is 6.29. The fraction of sp³-hybridized carbons (Fsp3) is 0.423. The molecule has 2 aromatic rings. The van der Waals surface area contributed by atoms with Crippen molar-refractivity contribution in [1.82, 2.24) is 4.90 Å². The molecule has 2 aromatic carbocycles. The number of nitrogens with zero attached hydrogens (tertiary/aromatic N) is 2. The highest BCUT2D eigenvalue weighted by atomic mass is 35.5. The highest BCUT2D eigenvalue weighted by molar-refractivity contribution is 6.32. The van der Waals surface area contributed by atoms with Gasteiger partial charge in [0.05, 0.1) is 5.02 Å². The van der Waals surface area contributed by atoms with Crippen molar-refractivity contribution in [3.63, 3.8) is 0 Å². The maximum Gasteiger partial charge on any atom is 0.258 e. The number of aliphatic hydroxyl groups excluding tert-OH is 1.